The Kier molecular flexibility index (Phi) is 8.51. The van der Waals surface area contributed by atoms with Crippen molar-refractivity contribution < 1.29 is 9.47 Å². The molecule has 0 spiro atoms. The minimum atomic E-state index is 0.130. The van der Waals surface area contributed by atoms with Gasteiger partial charge in [-0.2, -0.15) is 0 Å². The van der Waals surface area contributed by atoms with E-state index in [0.717, 1.165) is 19.6 Å². The molecule has 0 bridgehead atoms. The van der Waals surface area contributed by atoms with Crippen LogP contribution >= 0.6 is 0 Å². The third-order valence-corrected chi connectivity index (χ3v) is 3.19. The molecule has 2 unspecified atom stereocenters. The number of benzene rings is 1. The van der Waals surface area contributed by atoms with Gasteiger partial charge in [0.05, 0.1) is 25.4 Å². The highest BCUT2D eigenvalue weighted by atomic mass is 16.5. The lowest BCUT2D eigenvalue weighted by Gasteiger charge is -2.22. The molecule has 1 rings (SSSR count). The monoisotopic (exact) mass is 279 g/mol. The molecule has 1 N–H and O–H groups in total. The minimum absolute atomic E-state index is 0.130. The van der Waals surface area contributed by atoms with Crippen LogP contribution < -0.4 is 5.32 Å². The maximum Gasteiger partial charge on any atom is 0.0781 e. The quantitative estimate of drug-likeness (QED) is 0.711. The summed E-state index contributed by atoms with van der Waals surface area (Å²) in [4.78, 5) is 0. The summed E-state index contributed by atoms with van der Waals surface area (Å²) < 4.78 is 11.3. The first-order valence-corrected chi connectivity index (χ1v) is 7.66. The van der Waals surface area contributed by atoms with E-state index in [4.69, 9.17) is 9.47 Å². The summed E-state index contributed by atoms with van der Waals surface area (Å²) >= 11 is 0. The summed E-state index contributed by atoms with van der Waals surface area (Å²) in [7, 11) is 0. The number of hydrogen-bond donors (Lipinski definition) is 1. The Morgan fingerprint density at radius 3 is 2.65 bits per heavy atom. The van der Waals surface area contributed by atoms with E-state index in [0.29, 0.717) is 13.2 Å². The van der Waals surface area contributed by atoms with Gasteiger partial charge in [-0.05, 0) is 39.3 Å². The fourth-order valence-corrected chi connectivity index (χ4v) is 2.07. The van der Waals surface area contributed by atoms with E-state index in [1.807, 2.05) is 6.92 Å². The summed E-state index contributed by atoms with van der Waals surface area (Å²) in [5, 5.41) is 3.56. The topological polar surface area (TPSA) is 30.5 Å². The van der Waals surface area contributed by atoms with Crippen molar-refractivity contribution in [2.24, 2.45) is 0 Å². The van der Waals surface area contributed by atoms with Crippen molar-refractivity contribution in [2.45, 2.75) is 46.3 Å². The molecule has 0 radical (unpaired) electrons. The molecule has 3 nitrogen and oxygen atoms in total. The van der Waals surface area contributed by atoms with Crippen LogP contribution in [0.25, 0.3) is 0 Å². The van der Waals surface area contributed by atoms with Gasteiger partial charge in [0.2, 0.25) is 0 Å². The SMILES string of the molecule is CCCNC(COC(C)COCC)c1cccc(C)c1. The average Bonchev–Trinajstić information content (AvgIpc) is 2.45. The first kappa shape index (κ1) is 17.2. The van der Waals surface area contributed by atoms with Crippen LogP contribution in [0, 0.1) is 6.92 Å². The number of nitrogens with one attached hydrogen (secondary N) is 1. The van der Waals surface area contributed by atoms with Crippen molar-refractivity contribution in [3.8, 4) is 0 Å². The van der Waals surface area contributed by atoms with E-state index in [1.54, 1.807) is 0 Å². The summed E-state index contributed by atoms with van der Waals surface area (Å²) in [5.41, 5.74) is 2.58. The summed E-state index contributed by atoms with van der Waals surface area (Å²) in [5.74, 6) is 0. The molecular weight excluding hydrogens is 250 g/mol. The zero-order valence-electron chi connectivity index (χ0n) is 13.3. The number of rotatable bonds is 10. The lowest BCUT2D eigenvalue weighted by atomic mass is 10.0. The lowest BCUT2D eigenvalue weighted by molar-refractivity contribution is -0.0116. The Labute approximate surface area is 123 Å². The first-order valence-electron chi connectivity index (χ1n) is 7.66. The van der Waals surface area contributed by atoms with Crippen molar-refractivity contribution in [1.29, 1.82) is 0 Å². The van der Waals surface area contributed by atoms with Crippen LogP contribution in [0.4, 0.5) is 0 Å². The Balaban J connectivity index is 2.55. The predicted molar refractivity (Wildman–Crippen MR) is 84.1 cm³/mol. The molecule has 20 heavy (non-hydrogen) atoms. The van der Waals surface area contributed by atoms with Crippen LogP contribution in [-0.2, 0) is 9.47 Å². The molecule has 0 aliphatic carbocycles. The Bertz CT molecular complexity index is 368. The highest BCUT2D eigenvalue weighted by Crippen LogP contribution is 2.16. The largest absolute Gasteiger partial charge is 0.379 e. The fourth-order valence-electron chi connectivity index (χ4n) is 2.07. The van der Waals surface area contributed by atoms with Gasteiger partial charge in [0.15, 0.2) is 0 Å². The minimum Gasteiger partial charge on any atom is -0.379 e. The molecule has 114 valence electrons. The maximum atomic E-state index is 5.91. The van der Waals surface area contributed by atoms with Crippen molar-refractivity contribution in [1.82, 2.24) is 5.32 Å². The smallest absolute Gasteiger partial charge is 0.0781 e. The molecule has 0 saturated carbocycles. The first-order chi connectivity index (χ1) is 9.67. The van der Waals surface area contributed by atoms with E-state index in [1.165, 1.54) is 11.1 Å². The molecule has 0 saturated heterocycles. The number of hydrogen-bond acceptors (Lipinski definition) is 3. The van der Waals surface area contributed by atoms with Crippen molar-refractivity contribution in [2.75, 3.05) is 26.4 Å². The number of aryl methyl sites for hydroxylation is 1. The van der Waals surface area contributed by atoms with Crippen molar-refractivity contribution in [3.63, 3.8) is 0 Å². The van der Waals surface area contributed by atoms with Gasteiger partial charge in [0, 0.05) is 6.61 Å². The molecule has 0 aliphatic rings. The second-order valence-corrected chi connectivity index (χ2v) is 5.22. The highest BCUT2D eigenvalue weighted by molar-refractivity contribution is 5.25. The van der Waals surface area contributed by atoms with Gasteiger partial charge >= 0.3 is 0 Å². The van der Waals surface area contributed by atoms with Crippen molar-refractivity contribution >= 4 is 0 Å². The molecule has 0 aromatic heterocycles. The van der Waals surface area contributed by atoms with Gasteiger partial charge in [-0.25, -0.2) is 0 Å². The van der Waals surface area contributed by atoms with Gasteiger partial charge in [-0.3, -0.25) is 0 Å². The van der Waals surface area contributed by atoms with Crippen LogP contribution in [0.1, 0.15) is 44.4 Å². The maximum absolute atomic E-state index is 5.91. The Hall–Kier alpha value is -0.900. The summed E-state index contributed by atoms with van der Waals surface area (Å²) in [6.07, 6.45) is 1.25. The van der Waals surface area contributed by atoms with Gasteiger partial charge in [0.25, 0.3) is 0 Å². The van der Waals surface area contributed by atoms with Crippen LogP contribution in [0.5, 0.6) is 0 Å². The van der Waals surface area contributed by atoms with Gasteiger partial charge in [-0.1, -0.05) is 36.8 Å². The molecule has 1 aromatic rings. The van der Waals surface area contributed by atoms with Crippen LogP contribution in [0.15, 0.2) is 24.3 Å². The molecule has 0 fully saturated rings. The molecule has 0 amide bonds. The Morgan fingerprint density at radius 2 is 2.00 bits per heavy atom. The zero-order chi connectivity index (χ0) is 14.8. The molecule has 0 heterocycles. The Morgan fingerprint density at radius 1 is 1.20 bits per heavy atom. The van der Waals surface area contributed by atoms with Crippen LogP contribution in [0.2, 0.25) is 0 Å². The van der Waals surface area contributed by atoms with Crippen LogP contribution in [0.3, 0.4) is 0 Å². The van der Waals surface area contributed by atoms with Crippen LogP contribution in [-0.4, -0.2) is 32.5 Å². The second-order valence-electron chi connectivity index (χ2n) is 5.22. The van der Waals surface area contributed by atoms with E-state index in [9.17, 15) is 0 Å². The lowest BCUT2D eigenvalue weighted by Crippen LogP contribution is -2.29. The van der Waals surface area contributed by atoms with E-state index in [-0.39, 0.29) is 12.1 Å². The number of ether oxygens (including phenoxy) is 2. The molecule has 1 aromatic carbocycles. The third kappa shape index (κ3) is 6.51. The fraction of sp³-hybridized carbons (Fsp3) is 0.647. The second kappa shape index (κ2) is 9.92. The third-order valence-electron chi connectivity index (χ3n) is 3.19. The standard InChI is InChI=1S/C17H29NO2/c1-5-10-18-17(13-20-15(4)12-19-6-2)16-9-7-8-14(3)11-16/h7-9,11,15,17-18H,5-6,10,12-13H2,1-4H3. The van der Waals surface area contributed by atoms with E-state index < -0.39 is 0 Å². The molecule has 0 aliphatic heterocycles. The van der Waals surface area contributed by atoms with Gasteiger partial charge in [-0.15, -0.1) is 0 Å². The zero-order valence-corrected chi connectivity index (χ0v) is 13.3. The normalized spacial score (nSPS) is 14.2. The van der Waals surface area contributed by atoms with Gasteiger partial charge in [0.1, 0.15) is 0 Å². The molecule has 3 heteroatoms. The van der Waals surface area contributed by atoms with E-state index >= 15 is 0 Å². The molecule has 2 atom stereocenters. The van der Waals surface area contributed by atoms with Gasteiger partial charge < -0.3 is 14.8 Å². The molecular formula is C17H29NO2. The van der Waals surface area contributed by atoms with Crippen molar-refractivity contribution in [3.05, 3.63) is 35.4 Å². The summed E-state index contributed by atoms with van der Waals surface area (Å²) in [6.45, 7) is 11.4. The highest BCUT2D eigenvalue weighted by Gasteiger charge is 2.13. The predicted octanol–water partition coefficient (Wildman–Crippen LogP) is 3.48. The summed E-state index contributed by atoms with van der Waals surface area (Å²) in [6, 6.07) is 8.87. The van der Waals surface area contributed by atoms with E-state index in [2.05, 4.69) is 50.4 Å². The average molecular weight is 279 g/mol.